The molecule has 0 aliphatic carbocycles. The Morgan fingerprint density at radius 3 is 2.65 bits per heavy atom. The lowest BCUT2D eigenvalue weighted by molar-refractivity contribution is -0.131. The number of halogens is 3. The van der Waals surface area contributed by atoms with Crippen LogP contribution in [0.15, 0.2) is 4.42 Å². The van der Waals surface area contributed by atoms with Crippen LogP contribution in [0.25, 0.3) is 0 Å². The Morgan fingerprint density at radius 1 is 1.35 bits per heavy atom. The van der Waals surface area contributed by atoms with Gasteiger partial charge in [0.15, 0.2) is 0 Å². The van der Waals surface area contributed by atoms with Gasteiger partial charge in [-0.25, -0.2) is 0 Å². The second kappa shape index (κ2) is 5.85. The predicted octanol–water partition coefficient (Wildman–Crippen LogP) is 2.10. The van der Waals surface area contributed by atoms with Crippen molar-refractivity contribution < 1.29 is 17.6 Å². The van der Waals surface area contributed by atoms with E-state index in [1.54, 1.807) is 0 Å². The average molecular weight is 252 g/mol. The van der Waals surface area contributed by atoms with Crippen molar-refractivity contribution in [3.05, 3.63) is 5.89 Å². The van der Waals surface area contributed by atoms with E-state index >= 15 is 0 Å². The quantitative estimate of drug-likeness (QED) is 0.811. The molecule has 1 heterocycles. The highest BCUT2D eigenvalue weighted by atomic mass is 19.4. The van der Waals surface area contributed by atoms with E-state index in [-0.39, 0.29) is 18.6 Å². The molecule has 1 aromatic heterocycles. The molecule has 1 aromatic rings. The first-order chi connectivity index (χ1) is 7.92. The number of aromatic nitrogens is 2. The van der Waals surface area contributed by atoms with Gasteiger partial charge in [-0.05, 0) is 13.5 Å². The van der Waals surface area contributed by atoms with Crippen molar-refractivity contribution in [1.29, 1.82) is 0 Å². The van der Waals surface area contributed by atoms with E-state index in [4.69, 9.17) is 4.42 Å². The first kappa shape index (κ1) is 13.8. The summed E-state index contributed by atoms with van der Waals surface area (Å²) in [5.41, 5.74) is 0. The molecule has 98 valence electrons. The van der Waals surface area contributed by atoms with Crippen LogP contribution < -0.4 is 10.6 Å². The molecule has 1 unspecified atom stereocenters. The van der Waals surface area contributed by atoms with Crippen LogP contribution in [0.1, 0.15) is 32.2 Å². The minimum absolute atomic E-state index is 0.00834. The van der Waals surface area contributed by atoms with Gasteiger partial charge in [0.05, 0.1) is 12.5 Å². The summed E-state index contributed by atoms with van der Waals surface area (Å²) in [6.07, 6.45) is -5.12. The van der Waals surface area contributed by atoms with E-state index < -0.39 is 12.6 Å². The Bertz CT molecular complexity index is 339. The molecular weight excluding hydrogens is 237 g/mol. The fraction of sp³-hybridized carbons (Fsp3) is 0.778. The van der Waals surface area contributed by atoms with E-state index in [1.165, 1.54) is 0 Å². The molecule has 0 aliphatic heterocycles. The number of anilines is 1. The Hall–Kier alpha value is -1.31. The number of hydrogen-bond acceptors (Lipinski definition) is 5. The van der Waals surface area contributed by atoms with Crippen LogP contribution in [-0.4, -0.2) is 29.5 Å². The molecule has 8 heteroatoms. The minimum atomic E-state index is -4.19. The molecule has 0 bridgehead atoms. The highest BCUT2D eigenvalue weighted by Gasteiger charge is 2.26. The Kier molecular flexibility index (Phi) is 4.73. The third-order valence-corrected chi connectivity index (χ3v) is 2.01. The van der Waals surface area contributed by atoms with Gasteiger partial charge in [0.1, 0.15) is 0 Å². The SMILES string of the molecule is CCNC(C)c1nnc(NCCC(F)(F)F)o1. The summed E-state index contributed by atoms with van der Waals surface area (Å²) in [6, 6.07) is -0.111. The zero-order valence-electron chi connectivity index (χ0n) is 9.64. The van der Waals surface area contributed by atoms with Crippen LogP contribution in [0, 0.1) is 0 Å². The largest absolute Gasteiger partial charge is 0.406 e. The Balaban J connectivity index is 2.40. The molecule has 0 saturated carbocycles. The molecule has 5 nitrogen and oxygen atoms in total. The van der Waals surface area contributed by atoms with Crippen molar-refractivity contribution >= 4 is 6.01 Å². The summed E-state index contributed by atoms with van der Waals surface area (Å²) in [5.74, 6) is 0.348. The molecule has 1 atom stereocenters. The minimum Gasteiger partial charge on any atom is -0.406 e. The summed E-state index contributed by atoms with van der Waals surface area (Å²) in [5, 5.41) is 12.8. The van der Waals surface area contributed by atoms with Gasteiger partial charge in [-0.3, -0.25) is 0 Å². The topological polar surface area (TPSA) is 63.0 Å². The van der Waals surface area contributed by atoms with Crippen molar-refractivity contribution in [2.75, 3.05) is 18.4 Å². The van der Waals surface area contributed by atoms with E-state index in [0.717, 1.165) is 6.54 Å². The van der Waals surface area contributed by atoms with Gasteiger partial charge < -0.3 is 15.1 Å². The number of nitrogens with zero attached hydrogens (tertiary/aromatic N) is 2. The van der Waals surface area contributed by atoms with Crippen LogP contribution in [0.2, 0.25) is 0 Å². The number of nitrogens with one attached hydrogen (secondary N) is 2. The van der Waals surface area contributed by atoms with Gasteiger partial charge >= 0.3 is 12.2 Å². The molecule has 0 aromatic carbocycles. The number of hydrogen-bond donors (Lipinski definition) is 2. The van der Waals surface area contributed by atoms with Gasteiger partial charge in [0.2, 0.25) is 5.89 Å². The van der Waals surface area contributed by atoms with Crippen molar-refractivity contribution in [3.8, 4) is 0 Å². The summed E-state index contributed by atoms with van der Waals surface area (Å²) in [7, 11) is 0. The van der Waals surface area contributed by atoms with Gasteiger partial charge in [-0.15, -0.1) is 5.10 Å². The third-order valence-electron chi connectivity index (χ3n) is 2.01. The fourth-order valence-corrected chi connectivity index (χ4v) is 1.19. The highest BCUT2D eigenvalue weighted by molar-refractivity contribution is 5.17. The molecular formula is C9H15F3N4O. The molecule has 0 amide bonds. The number of rotatable bonds is 6. The molecule has 2 N–H and O–H groups in total. The average Bonchev–Trinajstić information content (AvgIpc) is 2.65. The van der Waals surface area contributed by atoms with Crippen molar-refractivity contribution in [1.82, 2.24) is 15.5 Å². The summed E-state index contributed by atoms with van der Waals surface area (Å²) in [4.78, 5) is 0. The lowest BCUT2D eigenvalue weighted by Crippen LogP contribution is -2.17. The summed E-state index contributed by atoms with van der Waals surface area (Å²) in [6.45, 7) is 4.22. The van der Waals surface area contributed by atoms with Crippen LogP contribution in [0.3, 0.4) is 0 Å². The van der Waals surface area contributed by atoms with E-state index in [9.17, 15) is 13.2 Å². The maximum absolute atomic E-state index is 11.9. The first-order valence-corrected chi connectivity index (χ1v) is 5.29. The number of alkyl halides is 3. The zero-order valence-corrected chi connectivity index (χ0v) is 9.64. The van der Waals surface area contributed by atoms with Gasteiger partial charge in [-0.2, -0.15) is 13.2 Å². The van der Waals surface area contributed by atoms with Crippen LogP contribution in [0.4, 0.5) is 19.2 Å². The fourth-order valence-electron chi connectivity index (χ4n) is 1.19. The lowest BCUT2D eigenvalue weighted by atomic mass is 10.3. The molecule has 0 aliphatic rings. The smallest absolute Gasteiger partial charge is 0.390 e. The zero-order chi connectivity index (χ0) is 12.9. The Labute approximate surface area is 96.8 Å². The van der Waals surface area contributed by atoms with Crippen LogP contribution >= 0.6 is 0 Å². The van der Waals surface area contributed by atoms with E-state index in [0.29, 0.717) is 5.89 Å². The highest BCUT2D eigenvalue weighted by Crippen LogP contribution is 2.19. The first-order valence-electron chi connectivity index (χ1n) is 5.29. The maximum atomic E-state index is 11.9. The molecule has 1 rings (SSSR count). The summed E-state index contributed by atoms with van der Waals surface area (Å²) < 4.78 is 40.8. The second-order valence-corrected chi connectivity index (χ2v) is 3.52. The van der Waals surface area contributed by atoms with E-state index in [2.05, 4.69) is 20.8 Å². The van der Waals surface area contributed by atoms with E-state index in [1.807, 2.05) is 13.8 Å². The molecule has 0 radical (unpaired) electrons. The Morgan fingerprint density at radius 2 is 2.06 bits per heavy atom. The molecule has 17 heavy (non-hydrogen) atoms. The monoisotopic (exact) mass is 252 g/mol. The normalized spacial score (nSPS) is 13.7. The predicted molar refractivity (Wildman–Crippen MR) is 55.6 cm³/mol. The lowest BCUT2D eigenvalue weighted by Gasteiger charge is -2.06. The van der Waals surface area contributed by atoms with Crippen molar-refractivity contribution in [3.63, 3.8) is 0 Å². The standard InChI is InChI=1S/C9H15F3N4O/c1-3-13-6(2)7-15-16-8(17-7)14-5-4-9(10,11)12/h6,13H,3-5H2,1-2H3,(H,14,16). The second-order valence-electron chi connectivity index (χ2n) is 3.52. The summed E-state index contributed by atoms with van der Waals surface area (Å²) >= 11 is 0. The van der Waals surface area contributed by atoms with Crippen molar-refractivity contribution in [2.24, 2.45) is 0 Å². The van der Waals surface area contributed by atoms with Gasteiger partial charge in [0, 0.05) is 6.54 Å². The molecule has 0 saturated heterocycles. The van der Waals surface area contributed by atoms with Gasteiger partial charge in [-0.1, -0.05) is 12.0 Å². The third kappa shape index (κ3) is 5.03. The molecule has 0 spiro atoms. The van der Waals surface area contributed by atoms with Crippen molar-refractivity contribution in [2.45, 2.75) is 32.5 Å². The molecule has 0 fully saturated rings. The van der Waals surface area contributed by atoms with Crippen LogP contribution in [-0.2, 0) is 0 Å². The maximum Gasteiger partial charge on any atom is 0.390 e. The van der Waals surface area contributed by atoms with Crippen LogP contribution in [0.5, 0.6) is 0 Å². The van der Waals surface area contributed by atoms with Gasteiger partial charge in [0.25, 0.3) is 0 Å².